The number of ether oxygens (including phenoxy) is 1. The molecule has 2 aromatic carbocycles. The molecule has 140 valence electrons. The van der Waals surface area contributed by atoms with Crippen molar-refractivity contribution < 1.29 is 19.1 Å². The molecule has 2 aromatic rings. The maximum absolute atomic E-state index is 12.1. The summed E-state index contributed by atoms with van der Waals surface area (Å²) in [6.07, 6.45) is 2.45. The van der Waals surface area contributed by atoms with Crippen LogP contribution in [0, 0.1) is 6.92 Å². The molecule has 3 rings (SSSR count). The minimum absolute atomic E-state index is 0.101. The van der Waals surface area contributed by atoms with Gasteiger partial charge in [-0.3, -0.25) is 9.59 Å². The third-order valence-electron chi connectivity index (χ3n) is 4.41. The number of rotatable bonds is 5. The fourth-order valence-electron chi connectivity index (χ4n) is 2.90. The van der Waals surface area contributed by atoms with E-state index in [0.717, 1.165) is 24.1 Å². The molecule has 0 radical (unpaired) electrons. The van der Waals surface area contributed by atoms with E-state index in [1.807, 2.05) is 19.1 Å². The summed E-state index contributed by atoms with van der Waals surface area (Å²) in [6.45, 7) is 2.29. The Bertz CT molecular complexity index is 828. The third kappa shape index (κ3) is 4.94. The number of hydrogen-bond acceptors (Lipinski definition) is 4. The Balaban J connectivity index is 1.52. The summed E-state index contributed by atoms with van der Waals surface area (Å²) >= 11 is 0. The van der Waals surface area contributed by atoms with Crippen molar-refractivity contribution in [3.8, 4) is 0 Å². The first-order chi connectivity index (χ1) is 13.0. The van der Waals surface area contributed by atoms with E-state index in [2.05, 4.69) is 5.32 Å². The van der Waals surface area contributed by atoms with E-state index in [-0.39, 0.29) is 12.5 Å². The number of esters is 1. The Morgan fingerprint density at radius 2 is 1.74 bits per heavy atom. The van der Waals surface area contributed by atoms with Crippen LogP contribution in [-0.2, 0) is 14.3 Å². The summed E-state index contributed by atoms with van der Waals surface area (Å²) < 4.78 is 5.06. The van der Waals surface area contributed by atoms with Crippen molar-refractivity contribution in [2.75, 3.05) is 23.4 Å². The Morgan fingerprint density at radius 1 is 1.04 bits per heavy atom. The van der Waals surface area contributed by atoms with Crippen LogP contribution in [0.4, 0.5) is 11.4 Å². The van der Waals surface area contributed by atoms with E-state index in [4.69, 9.17) is 4.74 Å². The SMILES string of the molecule is Cc1ccc(NC(=O)COC(=O)c2ccc(N3CCCCC3=O)cc2)cc1. The average Bonchev–Trinajstić information content (AvgIpc) is 2.68. The molecule has 1 fully saturated rings. The molecule has 6 heteroatoms. The van der Waals surface area contributed by atoms with Crippen LogP contribution in [0.3, 0.4) is 0 Å². The summed E-state index contributed by atoms with van der Waals surface area (Å²) in [6, 6.07) is 14.0. The van der Waals surface area contributed by atoms with Crippen LogP contribution < -0.4 is 10.2 Å². The average molecular weight is 366 g/mol. The highest BCUT2D eigenvalue weighted by Gasteiger charge is 2.20. The van der Waals surface area contributed by atoms with Crippen LogP contribution in [0.5, 0.6) is 0 Å². The number of aryl methyl sites for hydroxylation is 1. The second-order valence-electron chi connectivity index (χ2n) is 6.54. The number of nitrogens with zero attached hydrogens (tertiary/aromatic N) is 1. The molecule has 0 saturated carbocycles. The molecule has 0 unspecified atom stereocenters. The molecular weight excluding hydrogens is 344 g/mol. The van der Waals surface area contributed by atoms with Gasteiger partial charge in [0, 0.05) is 24.3 Å². The van der Waals surface area contributed by atoms with Gasteiger partial charge in [-0.25, -0.2) is 4.79 Å². The maximum atomic E-state index is 12.1. The van der Waals surface area contributed by atoms with Crippen LogP contribution in [-0.4, -0.2) is 30.9 Å². The molecule has 1 aliphatic rings. The highest BCUT2D eigenvalue weighted by atomic mass is 16.5. The number of hydrogen-bond donors (Lipinski definition) is 1. The summed E-state index contributed by atoms with van der Waals surface area (Å²) in [5, 5.41) is 2.67. The van der Waals surface area contributed by atoms with Gasteiger partial charge in [0.05, 0.1) is 5.56 Å². The quantitative estimate of drug-likeness (QED) is 0.824. The molecule has 1 saturated heterocycles. The summed E-state index contributed by atoms with van der Waals surface area (Å²) in [5.41, 5.74) is 2.85. The molecule has 1 aliphatic heterocycles. The number of benzene rings is 2. The highest BCUT2D eigenvalue weighted by molar-refractivity contribution is 5.97. The molecule has 2 amide bonds. The van der Waals surface area contributed by atoms with Crippen LogP contribution in [0.1, 0.15) is 35.2 Å². The van der Waals surface area contributed by atoms with E-state index < -0.39 is 11.9 Å². The van der Waals surface area contributed by atoms with E-state index >= 15 is 0 Å². The number of piperidine rings is 1. The largest absolute Gasteiger partial charge is 0.452 e. The minimum Gasteiger partial charge on any atom is -0.452 e. The van der Waals surface area contributed by atoms with Gasteiger partial charge in [-0.05, 0) is 56.2 Å². The van der Waals surface area contributed by atoms with Gasteiger partial charge in [0.1, 0.15) is 0 Å². The Morgan fingerprint density at radius 3 is 2.41 bits per heavy atom. The summed E-state index contributed by atoms with van der Waals surface area (Å²) in [4.78, 5) is 37.7. The van der Waals surface area contributed by atoms with Crippen molar-refractivity contribution in [3.63, 3.8) is 0 Å². The van der Waals surface area contributed by atoms with E-state index in [1.54, 1.807) is 41.3 Å². The van der Waals surface area contributed by atoms with Gasteiger partial charge in [0.25, 0.3) is 5.91 Å². The molecule has 0 atom stereocenters. The second-order valence-corrected chi connectivity index (χ2v) is 6.54. The fraction of sp³-hybridized carbons (Fsp3) is 0.286. The van der Waals surface area contributed by atoms with Crippen LogP contribution >= 0.6 is 0 Å². The number of carbonyl (C=O) groups is 3. The lowest BCUT2D eigenvalue weighted by molar-refractivity contribution is -0.120. The second kappa shape index (κ2) is 8.49. The minimum atomic E-state index is -0.578. The predicted molar refractivity (Wildman–Crippen MR) is 103 cm³/mol. The zero-order chi connectivity index (χ0) is 19.2. The summed E-state index contributed by atoms with van der Waals surface area (Å²) in [7, 11) is 0. The molecule has 0 aliphatic carbocycles. The van der Waals surface area contributed by atoms with Gasteiger partial charge in [-0.15, -0.1) is 0 Å². The molecule has 1 N–H and O–H groups in total. The maximum Gasteiger partial charge on any atom is 0.338 e. The van der Waals surface area contributed by atoms with E-state index in [0.29, 0.717) is 24.2 Å². The molecule has 0 aromatic heterocycles. The lowest BCUT2D eigenvalue weighted by Gasteiger charge is -2.26. The standard InChI is InChI=1S/C21H22N2O4/c1-15-5-9-17(10-6-15)22-19(24)14-27-21(26)16-7-11-18(12-8-16)23-13-3-2-4-20(23)25/h5-12H,2-4,13-14H2,1H3,(H,22,24). The van der Waals surface area contributed by atoms with Crippen molar-refractivity contribution >= 4 is 29.2 Å². The van der Waals surface area contributed by atoms with Gasteiger partial charge in [0.2, 0.25) is 5.91 Å². The van der Waals surface area contributed by atoms with Crippen LogP contribution in [0.2, 0.25) is 0 Å². The molecule has 1 heterocycles. The van der Waals surface area contributed by atoms with Crippen molar-refractivity contribution in [3.05, 3.63) is 59.7 Å². The molecule has 0 bridgehead atoms. The first kappa shape index (κ1) is 18.6. The Labute approximate surface area is 158 Å². The topological polar surface area (TPSA) is 75.7 Å². The van der Waals surface area contributed by atoms with Crippen molar-refractivity contribution in [1.82, 2.24) is 0 Å². The number of nitrogens with one attached hydrogen (secondary N) is 1. The van der Waals surface area contributed by atoms with Gasteiger partial charge < -0.3 is 15.0 Å². The first-order valence-corrected chi connectivity index (χ1v) is 8.97. The molecule has 0 spiro atoms. The zero-order valence-corrected chi connectivity index (χ0v) is 15.2. The number of carbonyl (C=O) groups excluding carboxylic acids is 3. The number of anilines is 2. The first-order valence-electron chi connectivity index (χ1n) is 8.97. The van der Waals surface area contributed by atoms with Gasteiger partial charge in [-0.1, -0.05) is 17.7 Å². The van der Waals surface area contributed by atoms with E-state index in [9.17, 15) is 14.4 Å². The molecular formula is C21H22N2O4. The lowest BCUT2D eigenvalue weighted by Crippen LogP contribution is -2.35. The summed E-state index contributed by atoms with van der Waals surface area (Å²) in [5.74, 6) is -0.877. The highest BCUT2D eigenvalue weighted by Crippen LogP contribution is 2.21. The Kier molecular flexibility index (Phi) is 5.86. The van der Waals surface area contributed by atoms with Crippen molar-refractivity contribution in [2.24, 2.45) is 0 Å². The normalized spacial score (nSPS) is 14.0. The lowest BCUT2D eigenvalue weighted by atomic mass is 10.1. The van der Waals surface area contributed by atoms with Gasteiger partial charge in [0.15, 0.2) is 6.61 Å². The van der Waals surface area contributed by atoms with Gasteiger partial charge >= 0.3 is 5.97 Å². The van der Waals surface area contributed by atoms with Crippen LogP contribution in [0.25, 0.3) is 0 Å². The third-order valence-corrected chi connectivity index (χ3v) is 4.41. The predicted octanol–water partition coefficient (Wildman–Crippen LogP) is 3.31. The smallest absolute Gasteiger partial charge is 0.338 e. The monoisotopic (exact) mass is 366 g/mol. The van der Waals surface area contributed by atoms with Crippen LogP contribution in [0.15, 0.2) is 48.5 Å². The molecule has 27 heavy (non-hydrogen) atoms. The Hall–Kier alpha value is -3.15. The van der Waals surface area contributed by atoms with Gasteiger partial charge in [-0.2, -0.15) is 0 Å². The van der Waals surface area contributed by atoms with Crippen molar-refractivity contribution in [1.29, 1.82) is 0 Å². The molecule has 6 nitrogen and oxygen atoms in total. The van der Waals surface area contributed by atoms with E-state index in [1.165, 1.54) is 0 Å². The zero-order valence-electron chi connectivity index (χ0n) is 15.2. The number of amides is 2. The fourth-order valence-corrected chi connectivity index (χ4v) is 2.90. The van der Waals surface area contributed by atoms with Crippen molar-refractivity contribution in [2.45, 2.75) is 26.2 Å².